The molecule has 0 aliphatic heterocycles. The topological polar surface area (TPSA) is 47.3 Å². The second-order valence-electron chi connectivity index (χ2n) is 7.97. The Hall–Kier alpha value is -0.810. The average Bonchev–Trinajstić information content (AvgIpc) is 2.69. The highest BCUT2D eigenvalue weighted by Crippen LogP contribution is 2.31. The fourth-order valence-corrected chi connectivity index (χ4v) is 4.26. The van der Waals surface area contributed by atoms with Gasteiger partial charge in [0, 0.05) is 5.56 Å². The fourth-order valence-electron chi connectivity index (χ4n) is 4.26. The molecule has 1 unspecified atom stereocenters. The maximum atomic E-state index is 13.3. The van der Waals surface area contributed by atoms with E-state index >= 15 is 0 Å². The lowest BCUT2D eigenvalue weighted by atomic mass is 9.87. The van der Waals surface area contributed by atoms with Crippen LogP contribution in [0.15, 0.2) is 30.3 Å². The molecule has 0 bridgehead atoms. The number of ether oxygens (including phenoxy) is 1. The highest BCUT2D eigenvalue weighted by Gasteiger charge is 2.36. The largest absolute Gasteiger partial charge is 1.00 e. The summed E-state index contributed by atoms with van der Waals surface area (Å²) in [6, 6.07) is 9.84. The zero-order chi connectivity index (χ0) is 20.8. The molecule has 4 nitrogen and oxygen atoms in total. The molecule has 176 valence electrons. The van der Waals surface area contributed by atoms with E-state index in [0.717, 1.165) is 70.3 Å². The molecule has 1 aromatic rings. The van der Waals surface area contributed by atoms with E-state index in [1.54, 1.807) is 4.90 Å². The molecule has 0 saturated heterocycles. The van der Waals surface area contributed by atoms with Crippen molar-refractivity contribution in [2.75, 3.05) is 26.2 Å². The molecule has 0 radical (unpaired) electrons. The predicted molar refractivity (Wildman–Crippen MR) is 116 cm³/mol. The van der Waals surface area contributed by atoms with Crippen LogP contribution in [0, 0.1) is 0 Å². The van der Waals surface area contributed by atoms with Crippen LogP contribution in [0.2, 0.25) is 0 Å². The minimum absolute atomic E-state index is 0. The zero-order valence-corrected chi connectivity index (χ0v) is 21.2. The van der Waals surface area contributed by atoms with E-state index < -0.39 is 0 Å². The zero-order valence-electron chi connectivity index (χ0n) is 19.7. The van der Waals surface area contributed by atoms with Crippen molar-refractivity contribution in [2.45, 2.75) is 84.8 Å². The van der Waals surface area contributed by atoms with Gasteiger partial charge in [-0.2, -0.15) is 0 Å². The van der Waals surface area contributed by atoms with Crippen molar-refractivity contribution in [1.29, 1.82) is 0 Å². The summed E-state index contributed by atoms with van der Waals surface area (Å²) in [5.41, 5.74) is 0.737. The number of likely N-dealkylation sites (N-methyl/N-ethyl adjacent to an activating group) is 1. The van der Waals surface area contributed by atoms with Crippen LogP contribution in [0.5, 0.6) is 0 Å². The molecule has 0 heterocycles. The van der Waals surface area contributed by atoms with Gasteiger partial charge in [0.05, 0.1) is 13.1 Å². The number of hydrogen-bond donors (Lipinski definition) is 2. The first-order valence-corrected chi connectivity index (χ1v) is 11.5. The molecule has 3 N–H and O–H groups in total. The number of carbonyl (C=O) groups excluding carboxylic acids is 1. The van der Waals surface area contributed by atoms with Crippen molar-refractivity contribution in [1.82, 2.24) is 0 Å². The number of nitrogens with one attached hydrogen (secondary N) is 1. The standard InChI is InChI=1S/C24H42N2O2.2ClH/c1-6-16-24(17-7-2,18-8-3)28-23(27)22(21-14-12-11-13-15-21)25-19-20-26(9-4)10-5;;/h11-15,22,25H,6-10,16-20H2,1-5H3;2*1H. The minimum atomic E-state index is -0.305. The fraction of sp³-hybridized carbons (Fsp3) is 0.708. The number of hydrogen-bond acceptors (Lipinski definition) is 2. The lowest BCUT2D eigenvalue weighted by Crippen LogP contribution is -3.14. The molecule has 1 aromatic carbocycles. The van der Waals surface area contributed by atoms with E-state index in [1.807, 2.05) is 30.3 Å². The lowest BCUT2D eigenvalue weighted by Gasteiger charge is -2.34. The Bertz CT molecular complexity index is 522. The molecule has 0 spiro atoms. The van der Waals surface area contributed by atoms with Gasteiger partial charge in [0.2, 0.25) is 6.04 Å². The molecular weight excluding hydrogens is 419 g/mol. The van der Waals surface area contributed by atoms with Crippen molar-refractivity contribution in [3.8, 4) is 0 Å². The highest BCUT2D eigenvalue weighted by atomic mass is 35.5. The summed E-state index contributed by atoms with van der Waals surface area (Å²) in [5.74, 6) is -0.0731. The number of nitrogens with two attached hydrogens (primary N) is 1. The van der Waals surface area contributed by atoms with Gasteiger partial charge in [0.25, 0.3) is 0 Å². The maximum Gasteiger partial charge on any atom is 0.370 e. The van der Waals surface area contributed by atoms with Gasteiger partial charge in [-0.1, -0.05) is 70.4 Å². The van der Waals surface area contributed by atoms with E-state index in [-0.39, 0.29) is 42.4 Å². The Morgan fingerprint density at radius 3 is 1.87 bits per heavy atom. The van der Waals surface area contributed by atoms with Gasteiger partial charge in [0.15, 0.2) is 0 Å². The number of carbonyl (C=O) groups is 1. The number of benzene rings is 1. The first kappa shape index (κ1) is 31.4. The molecule has 0 aliphatic carbocycles. The SMILES string of the molecule is CCCC(CCC)(CCC)OC(=O)C([NH2+]CC[NH+](CC)CC)c1ccccc1.[Cl-].[Cl-]. The lowest BCUT2D eigenvalue weighted by molar-refractivity contribution is -0.910. The monoisotopic (exact) mass is 462 g/mol. The third-order valence-electron chi connectivity index (χ3n) is 5.75. The maximum absolute atomic E-state index is 13.3. The van der Waals surface area contributed by atoms with Crippen molar-refractivity contribution in [2.24, 2.45) is 0 Å². The van der Waals surface area contributed by atoms with Crippen LogP contribution in [0.25, 0.3) is 0 Å². The number of quaternary nitrogens is 2. The van der Waals surface area contributed by atoms with Gasteiger partial charge in [-0.3, -0.25) is 0 Å². The predicted octanol–water partition coefficient (Wildman–Crippen LogP) is -3.09. The van der Waals surface area contributed by atoms with E-state index in [2.05, 4.69) is 39.9 Å². The Kier molecular flexibility index (Phi) is 18.6. The molecular formula is C24H44Cl2N2O2. The Morgan fingerprint density at radius 1 is 0.933 bits per heavy atom. The normalized spacial score (nSPS) is 12.1. The number of halogens is 2. The summed E-state index contributed by atoms with van der Waals surface area (Å²) in [4.78, 5) is 14.9. The molecule has 0 aromatic heterocycles. The van der Waals surface area contributed by atoms with Crippen LogP contribution in [-0.4, -0.2) is 37.7 Å². The Morgan fingerprint density at radius 2 is 1.43 bits per heavy atom. The molecule has 0 fully saturated rings. The average molecular weight is 464 g/mol. The van der Waals surface area contributed by atoms with Crippen LogP contribution in [-0.2, 0) is 9.53 Å². The van der Waals surface area contributed by atoms with Gasteiger partial charge in [-0.05, 0) is 33.1 Å². The summed E-state index contributed by atoms with van der Waals surface area (Å²) in [5, 5.41) is 2.18. The summed E-state index contributed by atoms with van der Waals surface area (Å²) >= 11 is 0. The first-order valence-electron chi connectivity index (χ1n) is 11.5. The van der Waals surface area contributed by atoms with Gasteiger partial charge >= 0.3 is 5.97 Å². The van der Waals surface area contributed by atoms with Crippen molar-refractivity contribution in [3.05, 3.63) is 35.9 Å². The van der Waals surface area contributed by atoms with Gasteiger partial charge in [-0.15, -0.1) is 0 Å². The van der Waals surface area contributed by atoms with E-state index in [0.29, 0.717) is 0 Å². The minimum Gasteiger partial charge on any atom is -1.00 e. The molecule has 6 heteroatoms. The Balaban J connectivity index is 0. The third kappa shape index (κ3) is 10.5. The molecule has 0 aliphatic rings. The molecule has 1 rings (SSSR count). The molecule has 1 atom stereocenters. The molecule has 0 saturated carbocycles. The number of rotatable bonds is 15. The third-order valence-corrected chi connectivity index (χ3v) is 5.75. The van der Waals surface area contributed by atoms with E-state index in [9.17, 15) is 4.79 Å². The summed E-state index contributed by atoms with van der Waals surface area (Å²) < 4.78 is 6.31. The Labute approximate surface area is 197 Å². The van der Waals surface area contributed by atoms with Crippen LogP contribution >= 0.6 is 0 Å². The summed E-state index contributed by atoms with van der Waals surface area (Å²) in [6.45, 7) is 15.2. The van der Waals surface area contributed by atoms with E-state index in [4.69, 9.17) is 4.74 Å². The van der Waals surface area contributed by atoms with Crippen molar-refractivity contribution < 1.29 is 44.6 Å². The molecule has 30 heavy (non-hydrogen) atoms. The van der Waals surface area contributed by atoms with Gasteiger partial charge in [-0.25, -0.2) is 4.79 Å². The van der Waals surface area contributed by atoms with Crippen LogP contribution < -0.4 is 35.0 Å². The van der Waals surface area contributed by atoms with Crippen molar-refractivity contribution >= 4 is 5.97 Å². The second-order valence-corrected chi connectivity index (χ2v) is 7.97. The van der Waals surface area contributed by atoms with Crippen LogP contribution in [0.1, 0.15) is 84.7 Å². The molecule has 0 amide bonds. The van der Waals surface area contributed by atoms with Gasteiger partial charge < -0.3 is 39.8 Å². The highest BCUT2D eigenvalue weighted by molar-refractivity contribution is 5.76. The van der Waals surface area contributed by atoms with Crippen LogP contribution in [0.4, 0.5) is 0 Å². The summed E-state index contributed by atoms with van der Waals surface area (Å²) in [7, 11) is 0. The smallest absolute Gasteiger partial charge is 0.370 e. The summed E-state index contributed by atoms with van der Waals surface area (Å²) in [6.07, 6.45) is 5.97. The number of esters is 1. The van der Waals surface area contributed by atoms with Crippen molar-refractivity contribution in [3.63, 3.8) is 0 Å². The quantitative estimate of drug-likeness (QED) is 0.271. The second kappa shape index (κ2) is 17.8. The van der Waals surface area contributed by atoms with Gasteiger partial charge in [0.1, 0.15) is 18.7 Å². The van der Waals surface area contributed by atoms with E-state index in [1.165, 1.54) is 0 Å². The van der Waals surface area contributed by atoms with Crippen LogP contribution in [0.3, 0.4) is 0 Å². The first-order chi connectivity index (χ1) is 13.6.